The predicted octanol–water partition coefficient (Wildman–Crippen LogP) is 2.66. The molecular formula is C14H18O4. The predicted molar refractivity (Wildman–Crippen MR) is 67.4 cm³/mol. The first-order chi connectivity index (χ1) is 8.18. The monoisotopic (exact) mass is 250 g/mol. The quantitative estimate of drug-likeness (QED) is 0.804. The van der Waals surface area contributed by atoms with Crippen LogP contribution in [0.2, 0.25) is 0 Å². The molecule has 0 radical (unpaired) electrons. The lowest BCUT2D eigenvalue weighted by Gasteiger charge is -2.23. The molecule has 1 aliphatic rings. The van der Waals surface area contributed by atoms with Crippen LogP contribution >= 0.6 is 0 Å². The largest absolute Gasteiger partial charge is 0.507 e. The summed E-state index contributed by atoms with van der Waals surface area (Å²) in [6.45, 7) is 8.91. The van der Waals surface area contributed by atoms with Crippen molar-refractivity contribution in [2.24, 2.45) is 0 Å². The van der Waals surface area contributed by atoms with Gasteiger partial charge in [-0.15, -0.1) is 0 Å². The summed E-state index contributed by atoms with van der Waals surface area (Å²) in [6.07, 6.45) is 0. The molecule has 1 aromatic carbocycles. The van der Waals surface area contributed by atoms with Gasteiger partial charge in [0.05, 0.1) is 0 Å². The van der Waals surface area contributed by atoms with Crippen LogP contribution in [0.1, 0.15) is 42.0 Å². The average Bonchev–Trinajstić information content (AvgIpc) is 2.55. The molecule has 4 nitrogen and oxygen atoms in total. The van der Waals surface area contributed by atoms with E-state index < -0.39 is 17.5 Å². The van der Waals surface area contributed by atoms with E-state index in [0.717, 1.165) is 11.1 Å². The van der Waals surface area contributed by atoms with Crippen molar-refractivity contribution in [1.29, 1.82) is 0 Å². The minimum Gasteiger partial charge on any atom is -0.507 e. The van der Waals surface area contributed by atoms with Gasteiger partial charge in [0.1, 0.15) is 23.0 Å². The highest BCUT2D eigenvalue weighted by molar-refractivity contribution is 5.82. The van der Waals surface area contributed by atoms with Crippen molar-refractivity contribution in [3.63, 3.8) is 0 Å². The lowest BCUT2D eigenvalue weighted by molar-refractivity contribution is -0.142. The molecule has 2 N–H and O–H groups in total. The van der Waals surface area contributed by atoms with Crippen LogP contribution < -0.4 is 4.74 Å². The number of phenols is 1. The van der Waals surface area contributed by atoms with Crippen LogP contribution in [-0.2, 0) is 4.79 Å². The van der Waals surface area contributed by atoms with Gasteiger partial charge in [-0.25, -0.2) is 0 Å². The van der Waals surface area contributed by atoms with Gasteiger partial charge in [0.2, 0.25) is 0 Å². The Labute approximate surface area is 106 Å². The van der Waals surface area contributed by atoms with Gasteiger partial charge in [0.25, 0.3) is 0 Å². The highest BCUT2D eigenvalue weighted by atomic mass is 16.5. The second-order valence-corrected chi connectivity index (χ2v) is 5.44. The van der Waals surface area contributed by atoms with Gasteiger partial charge in [0.15, 0.2) is 0 Å². The van der Waals surface area contributed by atoms with E-state index in [1.165, 1.54) is 0 Å². The number of rotatable bonds is 1. The van der Waals surface area contributed by atoms with Crippen molar-refractivity contribution >= 4 is 5.97 Å². The third kappa shape index (κ3) is 1.48. The van der Waals surface area contributed by atoms with Gasteiger partial charge in [0, 0.05) is 5.56 Å². The second-order valence-electron chi connectivity index (χ2n) is 5.44. The van der Waals surface area contributed by atoms with Crippen molar-refractivity contribution in [1.82, 2.24) is 0 Å². The Kier molecular flexibility index (Phi) is 2.58. The molecule has 0 saturated heterocycles. The summed E-state index contributed by atoms with van der Waals surface area (Å²) in [4.78, 5) is 11.5. The zero-order valence-corrected chi connectivity index (χ0v) is 11.3. The van der Waals surface area contributed by atoms with Crippen LogP contribution in [0.15, 0.2) is 0 Å². The molecule has 0 aliphatic carbocycles. The minimum atomic E-state index is -0.926. The maximum absolute atomic E-state index is 11.5. The lowest BCUT2D eigenvalue weighted by Crippen LogP contribution is -2.35. The Hall–Kier alpha value is -1.71. The Balaban J connectivity index is 2.80. The molecule has 18 heavy (non-hydrogen) atoms. The average molecular weight is 250 g/mol. The topological polar surface area (TPSA) is 66.8 Å². The van der Waals surface area contributed by atoms with Crippen molar-refractivity contribution in [2.45, 2.75) is 46.1 Å². The first-order valence-corrected chi connectivity index (χ1v) is 5.93. The molecule has 0 saturated carbocycles. The van der Waals surface area contributed by atoms with Crippen LogP contribution in [0.25, 0.3) is 0 Å². The number of ether oxygens (including phenoxy) is 1. The molecule has 0 aromatic heterocycles. The van der Waals surface area contributed by atoms with E-state index in [-0.39, 0.29) is 5.75 Å². The summed E-state index contributed by atoms with van der Waals surface area (Å²) in [7, 11) is 0. The Morgan fingerprint density at radius 3 is 2.22 bits per heavy atom. The van der Waals surface area contributed by atoms with Crippen LogP contribution in [0.3, 0.4) is 0 Å². The van der Waals surface area contributed by atoms with Crippen molar-refractivity contribution in [3.05, 3.63) is 22.3 Å². The molecule has 2 rings (SSSR count). The normalized spacial score (nSPS) is 20.4. The number of aliphatic carboxylic acids is 1. The molecule has 0 bridgehead atoms. The molecule has 0 unspecified atom stereocenters. The van der Waals surface area contributed by atoms with E-state index in [0.29, 0.717) is 16.9 Å². The van der Waals surface area contributed by atoms with E-state index in [1.54, 1.807) is 20.8 Å². The van der Waals surface area contributed by atoms with Gasteiger partial charge in [-0.2, -0.15) is 0 Å². The first-order valence-electron chi connectivity index (χ1n) is 5.93. The number of fused-ring (bicyclic) bond motifs is 1. The standard InChI is InChI=1S/C14H18O4/c1-6-7(2)12-9(8(3)11(6)15)10(13(16)17)14(4,5)18-12/h10,15H,1-5H3,(H,16,17)/t10-/m1/s1. The maximum Gasteiger partial charge on any atom is 0.315 e. The highest BCUT2D eigenvalue weighted by Gasteiger charge is 2.48. The Bertz CT molecular complexity index is 543. The molecule has 0 fully saturated rings. The van der Waals surface area contributed by atoms with Crippen molar-refractivity contribution < 1.29 is 19.7 Å². The molecule has 1 aromatic rings. The molecule has 4 heteroatoms. The van der Waals surface area contributed by atoms with Gasteiger partial charge >= 0.3 is 5.97 Å². The van der Waals surface area contributed by atoms with Gasteiger partial charge in [-0.05, 0) is 51.3 Å². The molecule has 0 amide bonds. The molecule has 1 atom stereocenters. The third-order valence-electron chi connectivity index (χ3n) is 3.86. The molecular weight excluding hydrogens is 232 g/mol. The van der Waals surface area contributed by atoms with Gasteiger partial charge in [-0.1, -0.05) is 0 Å². The lowest BCUT2D eigenvalue weighted by atomic mass is 9.83. The maximum atomic E-state index is 11.5. The minimum absolute atomic E-state index is 0.166. The number of carboxylic acid groups (broad SMARTS) is 1. The number of carbonyl (C=O) groups is 1. The summed E-state index contributed by atoms with van der Waals surface area (Å²) in [5.74, 6) is -0.902. The van der Waals surface area contributed by atoms with E-state index in [2.05, 4.69) is 0 Å². The van der Waals surface area contributed by atoms with Gasteiger partial charge < -0.3 is 14.9 Å². The van der Waals surface area contributed by atoms with E-state index in [1.807, 2.05) is 13.8 Å². The van der Waals surface area contributed by atoms with Crippen molar-refractivity contribution in [2.75, 3.05) is 0 Å². The number of hydrogen-bond donors (Lipinski definition) is 2. The molecule has 1 aliphatic heterocycles. The summed E-state index contributed by atoms with van der Waals surface area (Å²) in [5, 5.41) is 19.5. The first kappa shape index (κ1) is 12.7. The SMILES string of the molecule is Cc1c(C)c2c(c(C)c1O)[C@H](C(=O)O)C(C)(C)O2. The van der Waals surface area contributed by atoms with Crippen LogP contribution in [0.5, 0.6) is 11.5 Å². The fourth-order valence-corrected chi connectivity index (χ4v) is 2.70. The van der Waals surface area contributed by atoms with E-state index in [4.69, 9.17) is 4.74 Å². The third-order valence-corrected chi connectivity index (χ3v) is 3.86. The summed E-state index contributed by atoms with van der Waals surface area (Å²) in [5.41, 5.74) is 1.96. The van der Waals surface area contributed by atoms with Crippen LogP contribution in [0, 0.1) is 20.8 Å². The Morgan fingerprint density at radius 1 is 1.17 bits per heavy atom. The molecule has 1 heterocycles. The highest BCUT2D eigenvalue weighted by Crippen LogP contribution is 2.51. The molecule has 0 spiro atoms. The van der Waals surface area contributed by atoms with E-state index in [9.17, 15) is 15.0 Å². The Morgan fingerprint density at radius 2 is 1.72 bits per heavy atom. The number of carboxylic acids is 1. The smallest absolute Gasteiger partial charge is 0.315 e. The number of benzene rings is 1. The zero-order valence-electron chi connectivity index (χ0n) is 11.3. The number of phenolic OH excluding ortho intramolecular Hbond substituents is 1. The van der Waals surface area contributed by atoms with Crippen LogP contribution in [-0.4, -0.2) is 21.8 Å². The summed E-state index contributed by atoms with van der Waals surface area (Å²) in [6, 6.07) is 0. The second kappa shape index (κ2) is 3.64. The summed E-state index contributed by atoms with van der Waals surface area (Å²) < 4.78 is 5.82. The van der Waals surface area contributed by atoms with Crippen LogP contribution in [0.4, 0.5) is 0 Å². The zero-order chi connectivity index (χ0) is 13.8. The molecule has 98 valence electrons. The van der Waals surface area contributed by atoms with E-state index >= 15 is 0 Å². The van der Waals surface area contributed by atoms with Crippen molar-refractivity contribution in [3.8, 4) is 11.5 Å². The fourth-order valence-electron chi connectivity index (χ4n) is 2.70. The van der Waals surface area contributed by atoms with Gasteiger partial charge in [-0.3, -0.25) is 4.79 Å². The fraction of sp³-hybridized carbons (Fsp3) is 0.500. The number of aromatic hydroxyl groups is 1. The number of hydrogen-bond acceptors (Lipinski definition) is 3. The summed E-state index contributed by atoms with van der Waals surface area (Å²) >= 11 is 0.